The fraction of sp³-hybridized carbons (Fsp3) is 0.128. The monoisotopic (exact) mass is 555 g/mol. The van der Waals surface area contributed by atoms with Crippen molar-refractivity contribution in [3.05, 3.63) is 150 Å². The third-order valence-corrected chi connectivity index (χ3v) is 9.33. The maximum Gasteiger partial charge on any atom is 0.225 e. The van der Waals surface area contributed by atoms with Crippen LogP contribution in [0.15, 0.2) is 127 Å². The highest BCUT2D eigenvalue weighted by atomic mass is 16.5. The summed E-state index contributed by atoms with van der Waals surface area (Å²) in [7, 11) is 0. The van der Waals surface area contributed by atoms with Crippen molar-refractivity contribution in [3.63, 3.8) is 0 Å². The van der Waals surface area contributed by atoms with E-state index in [0.717, 1.165) is 53.8 Å². The fourth-order valence-corrected chi connectivity index (χ4v) is 7.50. The molecule has 0 fully saturated rings. The van der Waals surface area contributed by atoms with E-state index in [9.17, 15) is 0 Å². The molecule has 4 heteroatoms. The summed E-state index contributed by atoms with van der Waals surface area (Å²) in [6, 6.07) is 44.6. The molecule has 0 radical (unpaired) electrons. The smallest absolute Gasteiger partial charge is 0.225 e. The zero-order valence-corrected chi connectivity index (χ0v) is 23.7. The second-order valence-electron chi connectivity index (χ2n) is 12.1. The highest BCUT2D eigenvalue weighted by Crippen LogP contribution is 2.50. The lowest BCUT2D eigenvalue weighted by Crippen LogP contribution is -2.21. The van der Waals surface area contributed by atoms with Crippen molar-refractivity contribution in [1.29, 1.82) is 0 Å². The minimum atomic E-state index is 0.180. The quantitative estimate of drug-likeness (QED) is 0.218. The van der Waals surface area contributed by atoms with Gasteiger partial charge in [0.2, 0.25) is 11.8 Å². The fourth-order valence-electron chi connectivity index (χ4n) is 7.50. The molecule has 43 heavy (non-hydrogen) atoms. The van der Waals surface area contributed by atoms with Gasteiger partial charge in [0.25, 0.3) is 0 Å². The minimum absolute atomic E-state index is 0.180. The Kier molecular flexibility index (Phi) is 5.33. The van der Waals surface area contributed by atoms with Gasteiger partial charge in [0.05, 0.1) is 16.7 Å². The number of benzene rings is 4. The number of aromatic nitrogens is 3. The first-order valence-electron chi connectivity index (χ1n) is 15.0. The second-order valence-corrected chi connectivity index (χ2v) is 12.1. The lowest BCUT2D eigenvalue weighted by Gasteiger charge is -2.22. The van der Waals surface area contributed by atoms with E-state index in [1.807, 2.05) is 18.2 Å². The summed E-state index contributed by atoms with van der Waals surface area (Å²) >= 11 is 0. The largest absolute Gasteiger partial charge is 0.420 e. The van der Waals surface area contributed by atoms with Crippen molar-refractivity contribution < 1.29 is 4.74 Å². The Bertz CT molecular complexity index is 2100. The van der Waals surface area contributed by atoms with Crippen molar-refractivity contribution in [2.24, 2.45) is 5.41 Å². The third-order valence-electron chi connectivity index (χ3n) is 9.33. The summed E-state index contributed by atoms with van der Waals surface area (Å²) < 4.78 is 8.91. The summed E-state index contributed by atoms with van der Waals surface area (Å²) in [4.78, 5) is 10.2. The number of ether oxygens (including phenoxy) is 1. The van der Waals surface area contributed by atoms with Gasteiger partial charge in [-0.3, -0.25) is 4.57 Å². The van der Waals surface area contributed by atoms with Crippen LogP contribution in [0.4, 0.5) is 0 Å². The van der Waals surface area contributed by atoms with Gasteiger partial charge in [-0.05, 0) is 72.1 Å². The Balaban J connectivity index is 1.14. The van der Waals surface area contributed by atoms with Gasteiger partial charge in [-0.25, -0.2) is 4.98 Å². The van der Waals surface area contributed by atoms with Crippen LogP contribution in [-0.4, -0.2) is 14.5 Å². The number of fused-ring (bicyclic) bond motifs is 5. The first kappa shape index (κ1) is 24.4. The molecule has 9 rings (SSSR count). The number of pyridine rings is 2. The number of nitrogens with zero attached hydrogens (tertiary/aromatic N) is 3. The van der Waals surface area contributed by atoms with Gasteiger partial charge < -0.3 is 4.74 Å². The van der Waals surface area contributed by atoms with Crippen LogP contribution in [0, 0.1) is 5.41 Å². The number of rotatable bonds is 4. The molecule has 0 bridgehead atoms. The van der Waals surface area contributed by atoms with Crippen molar-refractivity contribution in [2.45, 2.75) is 25.7 Å². The normalized spacial score (nSPS) is 14.8. The van der Waals surface area contributed by atoms with Gasteiger partial charge in [-0.2, -0.15) is 4.98 Å². The molecule has 3 aromatic heterocycles. The Morgan fingerprint density at radius 2 is 1.19 bits per heavy atom. The van der Waals surface area contributed by atoms with Gasteiger partial charge in [-0.1, -0.05) is 97.1 Å². The Labute approximate surface area is 250 Å². The molecule has 2 aliphatic carbocycles. The average molecular weight is 556 g/mol. The predicted molar refractivity (Wildman–Crippen MR) is 172 cm³/mol. The van der Waals surface area contributed by atoms with Crippen LogP contribution in [0.2, 0.25) is 0 Å². The maximum absolute atomic E-state index is 6.69. The molecule has 0 N–H and O–H groups in total. The van der Waals surface area contributed by atoms with Crippen LogP contribution in [0.1, 0.15) is 22.3 Å². The molecule has 0 saturated carbocycles. The SMILES string of the molecule is c1ccc(-c2cc3c(c(Oc4cccc(-n5c6ccccc6c6ccccc65)n4)n2)CC2(Cc4ccccc4C2)C3)cc1. The van der Waals surface area contributed by atoms with Gasteiger partial charge in [0.1, 0.15) is 5.82 Å². The third kappa shape index (κ3) is 3.98. The first-order chi connectivity index (χ1) is 21.2. The topological polar surface area (TPSA) is 39.9 Å². The summed E-state index contributed by atoms with van der Waals surface area (Å²) in [6.07, 6.45) is 4.18. The van der Waals surface area contributed by atoms with Crippen molar-refractivity contribution >= 4 is 21.8 Å². The molecule has 0 amide bonds. The summed E-state index contributed by atoms with van der Waals surface area (Å²) in [5.41, 5.74) is 10.00. The Morgan fingerprint density at radius 1 is 0.558 bits per heavy atom. The van der Waals surface area contributed by atoms with Gasteiger partial charge in [0, 0.05) is 28.0 Å². The van der Waals surface area contributed by atoms with E-state index in [-0.39, 0.29) is 5.41 Å². The summed E-state index contributed by atoms with van der Waals surface area (Å²) in [5, 5.41) is 2.42. The van der Waals surface area contributed by atoms with Crippen LogP contribution in [0.5, 0.6) is 11.8 Å². The standard InChI is InChI=1S/C39H29N3O/c1-2-11-26(12-3-1)33-21-29-24-39(22-27-13-4-5-14-28(27)23-39)25-32(29)38(40-33)43-37-20-10-19-36(41-37)42-34-17-8-6-15-30(34)31-16-7-9-18-35(31)42/h1-21H,22-25H2. The number of para-hydroxylation sites is 2. The molecular formula is C39H29N3O. The summed E-state index contributed by atoms with van der Waals surface area (Å²) in [6.45, 7) is 0. The van der Waals surface area contributed by atoms with Crippen LogP contribution < -0.4 is 4.74 Å². The van der Waals surface area contributed by atoms with Crippen molar-refractivity contribution in [2.75, 3.05) is 0 Å². The van der Waals surface area contributed by atoms with E-state index in [0.29, 0.717) is 11.8 Å². The molecule has 206 valence electrons. The Hall–Kier alpha value is -5.22. The van der Waals surface area contributed by atoms with Crippen molar-refractivity contribution in [3.8, 4) is 28.8 Å². The van der Waals surface area contributed by atoms with Crippen molar-refractivity contribution in [1.82, 2.24) is 14.5 Å². The van der Waals surface area contributed by atoms with E-state index >= 15 is 0 Å². The van der Waals surface area contributed by atoms with E-state index < -0.39 is 0 Å². The highest BCUT2D eigenvalue weighted by Gasteiger charge is 2.43. The van der Waals surface area contributed by atoms with Crippen LogP contribution in [0.3, 0.4) is 0 Å². The van der Waals surface area contributed by atoms with E-state index in [4.69, 9.17) is 14.7 Å². The van der Waals surface area contributed by atoms with Crippen LogP contribution in [0.25, 0.3) is 38.9 Å². The van der Waals surface area contributed by atoms with E-state index in [2.05, 4.69) is 114 Å². The minimum Gasteiger partial charge on any atom is -0.420 e. The summed E-state index contributed by atoms with van der Waals surface area (Å²) in [5.74, 6) is 2.06. The van der Waals surface area contributed by atoms with Crippen LogP contribution in [-0.2, 0) is 25.7 Å². The predicted octanol–water partition coefficient (Wildman–Crippen LogP) is 8.92. The van der Waals surface area contributed by atoms with Gasteiger partial charge in [0.15, 0.2) is 0 Å². The molecule has 4 nitrogen and oxygen atoms in total. The highest BCUT2D eigenvalue weighted by molar-refractivity contribution is 6.09. The lowest BCUT2D eigenvalue weighted by molar-refractivity contribution is 0.323. The number of hydrogen-bond acceptors (Lipinski definition) is 3. The van der Waals surface area contributed by atoms with Gasteiger partial charge >= 0.3 is 0 Å². The molecule has 0 unspecified atom stereocenters. The molecule has 4 aromatic carbocycles. The van der Waals surface area contributed by atoms with E-state index in [1.54, 1.807) is 0 Å². The van der Waals surface area contributed by atoms with E-state index in [1.165, 1.54) is 33.0 Å². The Morgan fingerprint density at radius 3 is 1.91 bits per heavy atom. The molecule has 1 spiro atoms. The lowest BCUT2D eigenvalue weighted by atomic mass is 9.82. The maximum atomic E-state index is 6.69. The first-order valence-corrected chi connectivity index (χ1v) is 15.0. The zero-order valence-electron chi connectivity index (χ0n) is 23.7. The molecule has 0 atom stereocenters. The second kappa shape index (κ2) is 9.40. The molecular weight excluding hydrogens is 526 g/mol. The average Bonchev–Trinajstić information content (AvgIpc) is 3.71. The molecule has 3 heterocycles. The molecule has 2 aliphatic rings. The molecule has 0 aliphatic heterocycles. The zero-order chi connectivity index (χ0) is 28.4. The van der Waals surface area contributed by atoms with Crippen LogP contribution >= 0.6 is 0 Å². The molecule has 7 aromatic rings. The number of hydrogen-bond donors (Lipinski definition) is 0. The van der Waals surface area contributed by atoms with Gasteiger partial charge in [-0.15, -0.1) is 0 Å². The molecule has 0 saturated heterocycles.